The number of nitrogens with two attached hydrogens (primary N) is 1. The van der Waals surface area contributed by atoms with Crippen molar-refractivity contribution in [1.82, 2.24) is 0 Å². The van der Waals surface area contributed by atoms with Crippen LogP contribution >= 0.6 is 27.5 Å². The molecular formula is C15H13BrClN3. The number of rotatable bonds is 2. The Morgan fingerprint density at radius 1 is 1.10 bits per heavy atom. The van der Waals surface area contributed by atoms with Gasteiger partial charge in [-0.05, 0) is 42.0 Å². The van der Waals surface area contributed by atoms with Crippen LogP contribution in [0.3, 0.4) is 0 Å². The molecule has 1 atom stereocenters. The van der Waals surface area contributed by atoms with Crippen molar-refractivity contribution in [2.24, 2.45) is 10.7 Å². The van der Waals surface area contributed by atoms with Crippen molar-refractivity contribution in [2.75, 3.05) is 11.4 Å². The predicted octanol–water partition coefficient (Wildman–Crippen LogP) is 3.98. The molecule has 0 spiro atoms. The Kier molecular flexibility index (Phi) is 3.68. The van der Waals surface area contributed by atoms with Crippen molar-refractivity contribution in [3.05, 3.63) is 63.6 Å². The van der Waals surface area contributed by atoms with E-state index >= 15 is 0 Å². The van der Waals surface area contributed by atoms with Crippen molar-refractivity contribution in [3.63, 3.8) is 0 Å². The summed E-state index contributed by atoms with van der Waals surface area (Å²) in [5, 5.41) is 0.732. The van der Waals surface area contributed by atoms with Gasteiger partial charge in [-0.1, -0.05) is 39.7 Å². The minimum Gasteiger partial charge on any atom is -0.369 e. The quantitative estimate of drug-likeness (QED) is 0.890. The highest BCUT2D eigenvalue weighted by Crippen LogP contribution is 2.32. The molecule has 0 aliphatic carbocycles. The second-order valence-corrected chi connectivity index (χ2v) is 5.96. The van der Waals surface area contributed by atoms with Gasteiger partial charge < -0.3 is 10.6 Å². The molecule has 20 heavy (non-hydrogen) atoms. The summed E-state index contributed by atoms with van der Waals surface area (Å²) in [5.74, 6) is 0.548. The number of guanidine groups is 1. The number of hydrogen-bond acceptors (Lipinski definition) is 3. The van der Waals surface area contributed by atoms with Crippen LogP contribution in [0, 0.1) is 0 Å². The first-order valence-corrected chi connectivity index (χ1v) is 7.42. The van der Waals surface area contributed by atoms with E-state index in [1.54, 1.807) is 0 Å². The van der Waals surface area contributed by atoms with Crippen LogP contribution in [0.2, 0.25) is 5.02 Å². The van der Waals surface area contributed by atoms with Crippen molar-refractivity contribution < 1.29 is 0 Å². The number of anilines is 1. The lowest BCUT2D eigenvalue weighted by atomic mass is 10.1. The van der Waals surface area contributed by atoms with Gasteiger partial charge in [-0.3, -0.25) is 4.99 Å². The number of benzene rings is 2. The van der Waals surface area contributed by atoms with Crippen LogP contribution in [0.4, 0.5) is 5.69 Å². The summed E-state index contributed by atoms with van der Waals surface area (Å²) < 4.78 is 1.04. The van der Waals surface area contributed by atoms with Gasteiger partial charge in [-0.15, -0.1) is 0 Å². The van der Waals surface area contributed by atoms with E-state index in [1.165, 1.54) is 0 Å². The summed E-state index contributed by atoms with van der Waals surface area (Å²) in [6.45, 7) is 0.656. The molecule has 0 radical (unpaired) electrons. The molecule has 2 aromatic carbocycles. The van der Waals surface area contributed by atoms with E-state index < -0.39 is 0 Å². The maximum atomic E-state index is 6.04. The van der Waals surface area contributed by atoms with Crippen molar-refractivity contribution in [2.45, 2.75) is 6.04 Å². The van der Waals surface area contributed by atoms with E-state index in [4.69, 9.17) is 17.3 Å². The minimum atomic E-state index is 0.119. The van der Waals surface area contributed by atoms with Crippen molar-refractivity contribution in [3.8, 4) is 0 Å². The lowest BCUT2D eigenvalue weighted by Crippen LogP contribution is -2.36. The molecule has 0 bridgehead atoms. The van der Waals surface area contributed by atoms with Gasteiger partial charge >= 0.3 is 0 Å². The lowest BCUT2D eigenvalue weighted by molar-refractivity contribution is 0.769. The zero-order chi connectivity index (χ0) is 14.1. The first-order chi connectivity index (χ1) is 9.65. The Morgan fingerprint density at radius 3 is 2.40 bits per heavy atom. The van der Waals surface area contributed by atoms with Crippen LogP contribution in [-0.4, -0.2) is 12.5 Å². The second-order valence-electron chi connectivity index (χ2n) is 4.61. The van der Waals surface area contributed by atoms with Gasteiger partial charge in [0, 0.05) is 15.2 Å². The summed E-state index contributed by atoms with van der Waals surface area (Å²) >= 11 is 9.39. The summed E-state index contributed by atoms with van der Waals surface area (Å²) in [6.07, 6.45) is 0. The van der Waals surface area contributed by atoms with Gasteiger partial charge in [-0.2, -0.15) is 0 Å². The van der Waals surface area contributed by atoms with Crippen molar-refractivity contribution >= 4 is 39.2 Å². The van der Waals surface area contributed by atoms with E-state index in [0.29, 0.717) is 12.5 Å². The highest BCUT2D eigenvalue weighted by Gasteiger charge is 2.28. The van der Waals surface area contributed by atoms with Gasteiger partial charge in [0.1, 0.15) is 0 Å². The lowest BCUT2D eigenvalue weighted by Gasteiger charge is -2.26. The van der Waals surface area contributed by atoms with Gasteiger partial charge in [0.25, 0.3) is 0 Å². The molecule has 102 valence electrons. The monoisotopic (exact) mass is 349 g/mol. The van der Waals surface area contributed by atoms with E-state index in [0.717, 1.165) is 20.7 Å². The van der Waals surface area contributed by atoms with Crippen LogP contribution in [0.15, 0.2) is 58.0 Å². The Balaban J connectivity index is 1.96. The zero-order valence-corrected chi connectivity index (χ0v) is 13.0. The largest absolute Gasteiger partial charge is 0.369 e. The minimum absolute atomic E-state index is 0.119. The molecule has 0 fully saturated rings. The Morgan fingerprint density at radius 2 is 1.75 bits per heavy atom. The average molecular weight is 351 g/mol. The van der Waals surface area contributed by atoms with Gasteiger partial charge in [0.05, 0.1) is 12.6 Å². The topological polar surface area (TPSA) is 41.6 Å². The summed E-state index contributed by atoms with van der Waals surface area (Å²) in [4.78, 5) is 6.42. The van der Waals surface area contributed by atoms with Crippen LogP contribution in [-0.2, 0) is 0 Å². The molecule has 3 nitrogen and oxygen atoms in total. The summed E-state index contributed by atoms with van der Waals surface area (Å²) in [6, 6.07) is 16.0. The fourth-order valence-electron chi connectivity index (χ4n) is 2.35. The van der Waals surface area contributed by atoms with E-state index in [9.17, 15) is 0 Å². The standard InChI is InChI=1S/C15H13BrClN3/c16-11-3-7-13(8-4-11)20-14(9-19-15(20)18)10-1-5-12(17)6-2-10/h1-8,14H,9H2,(H2,18,19). The molecule has 2 aromatic rings. The fraction of sp³-hybridized carbons (Fsp3) is 0.133. The zero-order valence-electron chi connectivity index (χ0n) is 10.6. The van der Waals surface area contributed by atoms with E-state index in [1.807, 2.05) is 48.5 Å². The van der Waals surface area contributed by atoms with Gasteiger partial charge in [-0.25, -0.2) is 0 Å². The first kappa shape index (κ1) is 13.5. The Hall–Kier alpha value is -1.52. The van der Waals surface area contributed by atoms with Crippen LogP contribution in [0.25, 0.3) is 0 Å². The third-order valence-electron chi connectivity index (χ3n) is 3.34. The van der Waals surface area contributed by atoms with Crippen LogP contribution in [0.1, 0.15) is 11.6 Å². The predicted molar refractivity (Wildman–Crippen MR) is 87.3 cm³/mol. The van der Waals surface area contributed by atoms with Gasteiger partial charge in [0.15, 0.2) is 5.96 Å². The average Bonchev–Trinajstić information content (AvgIpc) is 2.83. The normalized spacial score (nSPS) is 18.2. The molecule has 1 aliphatic rings. The Labute approximate surface area is 131 Å². The van der Waals surface area contributed by atoms with Crippen LogP contribution in [0.5, 0.6) is 0 Å². The second kappa shape index (κ2) is 5.46. The molecule has 1 heterocycles. The number of nitrogens with zero attached hydrogens (tertiary/aromatic N) is 2. The van der Waals surface area contributed by atoms with E-state index in [-0.39, 0.29) is 6.04 Å². The number of hydrogen-bond donors (Lipinski definition) is 1. The SMILES string of the molecule is NC1=NCC(c2ccc(Cl)cc2)N1c1ccc(Br)cc1. The van der Waals surface area contributed by atoms with Gasteiger partial charge in [0.2, 0.25) is 0 Å². The maximum absolute atomic E-state index is 6.04. The first-order valence-electron chi connectivity index (χ1n) is 6.25. The molecule has 0 saturated carbocycles. The van der Waals surface area contributed by atoms with E-state index in [2.05, 4.69) is 25.8 Å². The molecule has 1 aliphatic heterocycles. The molecule has 0 saturated heterocycles. The third-order valence-corrected chi connectivity index (χ3v) is 4.12. The highest BCUT2D eigenvalue weighted by molar-refractivity contribution is 9.10. The smallest absolute Gasteiger partial charge is 0.196 e. The fourth-order valence-corrected chi connectivity index (χ4v) is 2.74. The maximum Gasteiger partial charge on any atom is 0.196 e. The molecule has 2 N–H and O–H groups in total. The Bertz CT molecular complexity index is 637. The molecule has 1 unspecified atom stereocenters. The summed E-state index contributed by atoms with van der Waals surface area (Å²) in [7, 11) is 0. The van der Waals surface area contributed by atoms with Crippen molar-refractivity contribution in [1.29, 1.82) is 0 Å². The highest BCUT2D eigenvalue weighted by atomic mass is 79.9. The number of halogens is 2. The molecule has 3 rings (SSSR count). The van der Waals surface area contributed by atoms with Crippen LogP contribution < -0.4 is 10.6 Å². The number of aliphatic imine (C=N–C) groups is 1. The molecule has 0 aromatic heterocycles. The molecular weight excluding hydrogens is 338 g/mol. The molecule has 0 amide bonds. The molecule has 5 heteroatoms. The third kappa shape index (κ3) is 2.53. The summed E-state index contributed by atoms with van der Waals surface area (Å²) in [5.41, 5.74) is 8.23.